The maximum absolute atomic E-state index is 15.2. The van der Waals surface area contributed by atoms with Gasteiger partial charge in [-0.15, -0.1) is 0 Å². The molecule has 5 aromatic rings. The molecule has 0 spiro atoms. The molecule has 1 aliphatic rings. The van der Waals surface area contributed by atoms with E-state index in [2.05, 4.69) is 10.3 Å². The fourth-order valence-electron chi connectivity index (χ4n) is 5.99. The van der Waals surface area contributed by atoms with Crippen LogP contribution >= 0.6 is 0 Å². The molecule has 3 aromatic carbocycles. The van der Waals surface area contributed by atoms with Crippen molar-refractivity contribution < 1.29 is 45.8 Å². The number of carbonyl (C=O) groups is 2. The fraction of sp³-hybridized carbons (Fsp3) is 0.242. The van der Waals surface area contributed by atoms with Crippen LogP contribution in [-0.2, 0) is 23.0 Å². The highest BCUT2D eigenvalue weighted by molar-refractivity contribution is 5.98. The van der Waals surface area contributed by atoms with Gasteiger partial charge in [-0.25, -0.2) is 27.3 Å². The maximum atomic E-state index is 15.2. The second kappa shape index (κ2) is 13.0. The Balaban J connectivity index is 1.32. The maximum Gasteiger partial charge on any atom is 0.411 e. The number of fused-ring (bicyclic) bond motifs is 2. The number of carbonyl (C=O) groups excluding carboxylic acids is 1. The Morgan fingerprint density at radius 3 is 2.44 bits per heavy atom. The number of carboxylic acid groups (broad SMARTS) is 1. The van der Waals surface area contributed by atoms with Crippen LogP contribution in [0.25, 0.3) is 27.5 Å². The first-order valence-electron chi connectivity index (χ1n) is 14.9. The quantitative estimate of drug-likeness (QED) is 0.245. The molecule has 0 radical (unpaired) electrons. The van der Waals surface area contributed by atoms with Crippen molar-refractivity contribution in [2.24, 2.45) is 7.05 Å². The lowest BCUT2D eigenvalue weighted by Crippen LogP contribution is -2.53. The van der Waals surface area contributed by atoms with Gasteiger partial charge in [0.2, 0.25) is 0 Å². The lowest BCUT2D eigenvalue weighted by molar-refractivity contribution is -0.167. The average molecular weight is 702 g/mol. The van der Waals surface area contributed by atoms with Crippen LogP contribution in [0.15, 0.2) is 70.4 Å². The van der Waals surface area contributed by atoms with Crippen LogP contribution in [0.4, 0.5) is 32.0 Å². The van der Waals surface area contributed by atoms with Crippen molar-refractivity contribution in [2.75, 3.05) is 24.7 Å². The van der Waals surface area contributed by atoms with E-state index in [0.717, 1.165) is 21.3 Å². The minimum absolute atomic E-state index is 0.0225. The number of aliphatic carboxylic acids is 1. The molecule has 1 fully saturated rings. The van der Waals surface area contributed by atoms with Crippen molar-refractivity contribution in [1.29, 1.82) is 0 Å². The largest absolute Gasteiger partial charge is 0.480 e. The molecule has 11 nitrogen and oxygen atoms in total. The van der Waals surface area contributed by atoms with Gasteiger partial charge in [0.15, 0.2) is 0 Å². The van der Waals surface area contributed by atoms with Crippen LogP contribution in [0.2, 0.25) is 0 Å². The molecule has 3 heterocycles. The van der Waals surface area contributed by atoms with Gasteiger partial charge in [-0.3, -0.25) is 19.1 Å². The molecule has 1 saturated heterocycles. The molecule has 17 heteroatoms. The van der Waals surface area contributed by atoms with E-state index in [1.165, 1.54) is 43.6 Å². The van der Waals surface area contributed by atoms with Gasteiger partial charge in [0.1, 0.15) is 35.1 Å². The first-order chi connectivity index (χ1) is 23.7. The van der Waals surface area contributed by atoms with Crippen molar-refractivity contribution in [3.8, 4) is 5.69 Å². The van der Waals surface area contributed by atoms with Crippen molar-refractivity contribution in [3.63, 3.8) is 0 Å². The van der Waals surface area contributed by atoms with Gasteiger partial charge in [-0.2, -0.15) is 13.2 Å². The second-order valence-corrected chi connectivity index (χ2v) is 11.5. The number of anilines is 1. The number of nitrogens with zero attached hydrogens (tertiary/aromatic N) is 4. The van der Waals surface area contributed by atoms with Gasteiger partial charge in [0.25, 0.3) is 11.5 Å². The third-order valence-electron chi connectivity index (χ3n) is 8.43. The number of nitrogens with one attached hydrogen (secondary N) is 1. The molecule has 0 unspecified atom stereocenters. The normalized spacial score (nSPS) is 15.7. The predicted molar refractivity (Wildman–Crippen MR) is 167 cm³/mol. The van der Waals surface area contributed by atoms with Gasteiger partial charge < -0.3 is 20.1 Å². The molecule has 2 aromatic heterocycles. The Morgan fingerprint density at radius 1 is 1.04 bits per heavy atom. The summed E-state index contributed by atoms with van der Waals surface area (Å²) in [6, 6.07) is 6.23. The zero-order valence-electron chi connectivity index (χ0n) is 25.8. The van der Waals surface area contributed by atoms with E-state index in [9.17, 15) is 41.8 Å². The number of pyridine rings is 1. The molecule has 2 atom stereocenters. The van der Waals surface area contributed by atoms with Gasteiger partial charge in [0, 0.05) is 37.3 Å². The molecule has 0 bridgehead atoms. The molecule has 0 aliphatic carbocycles. The molecule has 50 heavy (non-hydrogen) atoms. The van der Waals surface area contributed by atoms with Crippen molar-refractivity contribution in [1.82, 2.24) is 19.4 Å². The van der Waals surface area contributed by atoms with E-state index in [4.69, 9.17) is 4.74 Å². The summed E-state index contributed by atoms with van der Waals surface area (Å²) in [5, 5.41) is 12.3. The molecule has 6 rings (SSSR count). The Hall–Kier alpha value is -5.71. The van der Waals surface area contributed by atoms with Crippen molar-refractivity contribution >= 4 is 39.4 Å². The number of morpholine rings is 1. The summed E-state index contributed by atoms with van der Waals surface area (Å²) >= 11 is 0. The van der Waals surface area contributed by atoms with E-state index >= 15 is 8.78 Å². The number of aryl methyl sites for hydroxylation is 1. The predicted octanol–water partition coefficient (Wildman–Crippen LogP) is 3.85. The summed E-state index contributed by atoms with van der Waals surface area (Å²) in [4.78, 5) is 57.1. The van der Waals surface area contributed by atoms with Crippen LogP contribution in [-0.4, -0.2) is 69.1 Å². The second-order valence-electron chi connectivity index (χ2n) is 11.5. The minimum Gasteiger partial charge on any atom is -0.480 e. The zero-order valence-corrected chi connectivity index (χ0v) is 25.8. The summed E-state index contributed by atoms with van der Waals surface area (Å²) in [6.45, 7) is -1.24. The van der Waals surface area contributed by atoms with Gasteiger partial charge in [0.05, 0.1) is 35.3 Å². The molecule has 1 aliphatic heterocycles. The summed E-state index contributed by atoms with van der Waals surface area (Å²) < 4.78 is 91.6. The SMILES string of the molecule is Cn1c(=O)n(-c2ccc(C[C@H](NC(=O)c3c(F)cc(N4CCOC[C@@H]4C(F)(F)F)cc3F)C(=O)O)c3cccnc23)c(=O)c2ccc(F)cc21. The number of alkyl halides is 3. The first-order valence-corrected chi connectivity index (χ1v) is 14.9. The number of halogens is 6. The molecular formula is C33H25F6N5O6. The lowest BCUT2D eigenvalue weighted by Gasteiger charge is -2.38. The van der Waals surface area contributed by atoms with E-state index in [0.29, 0.717) is 17.0 Å². The van der Waals surface area contributed by atoms with Gasteiger partial charge >= 0.3 is 17.8 Å². The minimum atomic E-state index is -4.78. The van der Waals surface area contributed by atoms with Crippen molar-refractivity contribution in [2.45, 2.75) is 24.7 Å². The van der Waals surface area contributed by atoms with Gasteiger partial charge in [-0.1, -0.05) is 12.1 Å². The Labute approximate surface area is 276 Å². The summed E-state index contributed by atoms with van der Waals surface area (Å²) in [5.41, 5.74) is -2.85. The number of hydrogen-bond acceptors (Lipinski definition) is 7. The third-order valence-corrected chi connectivity index (χ3v) is 8.43. The Morgan fingerprint density at radius 2 is 1.76 bits per heavy atom. The van der Waals surface area contributed by atoms with Crippen LogP contribution < -0.4 is 21.5 Å². The number of amides is 1. The first kappa shape index (κ1) is 34.2. The fourth-order valence-corrected chi connectivity index (χ4v) is 5.99. The van der Waals surface area contributed by atoms with E-state index in [1.807, 2.05) is 0 Å². The highest BCUT2D eigenvalue weighted by Gasteiger charge is 2.46. The smallest absolute Gasteiger partial charge is 0.411 e. The molecule has 1 amide bonds. The lowest BCUT2D eigenvalue weighted by atomic mass is 9.99. The van der Waals surface area contributed by atoms with Crippen LogP contribution in [0, 0.1) is 17.5 Å². The zero-order chi connectivity index (χ0) is 36.1. The highest BCUT2D eigenvalue weighted by Crippen LogP contribution is 2.33. The molecular weight excluding hydrogens is 676 g/mol. The standard InChI is InChI=1S/C33H25F6N5O6/c1-42-25-12-17(34)5-6-20(25)30(46)44(32(42)49)24-7-4-16(19-3-2-8-40-28(19)24)11-23(31(47)48)41-29(45)27-21(35)13-18(14-22(27)36)43-9-10-50-15-26(43)33(37,38)39/h2-8,12-14,23,26H,9-11,15H2,1H3,(H,41,45)(H,47,48)/t23-,26+/m0/s1. The van der Waals surface area contributed by atoms with E-state index < -0.39 is 83.1 Å². The number of rotatable bonds is 7. The number of ether oxygens (including phenoxy) is 1. The average Bonchev–Trinajstić information content (AvgIpc) is 3.07. The summed E-state index contributed by atoms with van der Waals surface area (Å²) in [5.74, 6) is -6.76. The summed E-state index contributed by atoms with van der Waals surface area (Å²) in [7, 11) is 1.35. The van der Waals surface area contributed by atoms with Gasteiger partial charge in [-0.05, 0) is 48.0 Å². The molecule has 260 valence electrons. The number of aromatic nitrogens is 3. The monoisotopic (exact) mass is 701 g/mol. The number of hydrogen-bond donors (Lipinski definition) is 2. The van der Waals surface area contributed by atoms with Crippen LogP contribution in [0.5, 0.6) is 0 Å². The Kier molecular flexibility index (Phi) is 8.86. The van der Waals surface area contributed by atoms with Crippen molar-refractivity contribution in [3.05, 3.63) is 110 Å². The highest BCUT2D eigenvalue weighted by atomic mass is 19.4. The summed E-state index contributed by atoms with van der Waals surface area (Å²) in [6.07, 6.45) is -3.88. The van der Waals surface area contributed by atoms with E-state index in [1.54, 1.807) is 0 Å². The Bertz CT molecular complexity index is 2280. The molecule has 0 saturated carbocycles. The molecule has 2 N–H and O–H groups in total. The number of carboxylic acids is 1. The van der Waals surface area contributed by atoms with E-state index in [-0.39, 0.29) is 46.2 Å². The van der Waals surface area contributed by atoms with Crippen LogP contribution in [0.1, 0.15) is 15.9 Å². The number of benzene rings is 3. The van der Waals surface area contributed by atoms with Crippen LogP contribution in [0.3, 0.4) is 0 Å². The topological polar surface area (TPSA) is 136 Å². The third kappa shape index (κ3) is 6.15.